The molecule has 2 aliphatic rings. The van der Waals surface area contributed by atoms with Gasteiger partial charge in [-0.05, 0) is 12.2 Å². The second-order valence-corrected chi connectivity index (χ2v) is 9.75. The maximum absolute atomic E-state index is 9.88. The summed E-state index contributed by atoms with van der Waals surface area (Å²) in [5, 5.41) is 20.1. The van der Waals surface area contributed by atoms with Crippen LogP contribution in [0.15, 0.2) is 44.9 Å². The number of alkyl halides is 4. The topological polar surface area (TPSA) is 40.5 Å². The monoisotopic (exact) mass is 436 g/mol. The lowest BCUT2D eigenvalue weighted by atomic mass is 9.71. The highest BCUT2D eigenvalue weighted by atomic mass is 35.5. The van der Waals surface area contributed by atoms with E-state index in [2.05, 4.69) is 0 Å². The first-order valence-corrected chi connectivity index (χ1v) is 8.92. The van der Waals surface area contributed by atoms with Crippen molar-refractivity contribution in [2.24, 2.45) is 5.41 Å². The van der Waals surface area contributed by atoms with Crippen LogP contribution >= 0.6 is 69.6 Å². The van der Waals surface area contributed by atoms with Crippen molar-refractivity contribution >= 4 is 69.6 Å². The fourth-order valence-corrected chi connectivity index (χ4v) is 4.31. The van der Waals surface area contributed by atoms with Crippen LogP contribution in [0.4, 0.5) is 0 Å². The lowest BCUT2D eigenvalue weighted by Gasteiger charge is -2.38. The molecular formula is C15H14Cl6O2. The van der Waals surface area contributed by atoms with E-state index in [1.807, 2.05) is 13.8 Å². The molecular weight excluding hydrogens is 425 g/mol. The van der Waals surface area contributed by atoms with Crippen LogP contribution in [-0.4, -0.2) is 18.9 Å². The van der Waals surface area contributed by atoms with Crippen molar-refractivity contribution in [3.8, 4) is 0 Å². The maximum atomic E-state index is 9.88. The highest BCUT2D eigenvalue weighted by Gasteiger charge is 2.42. The van der Waals surface area contributed by atoms with E-state index in [1.165, 1.54) is 0 Å². The quantitative estimate of drug-likeness (QED) is 0.358. The Morgan fingerprint density at radius 3 is 1.39 bits per heavy atom. The van der Waals surface area contributed by atoms with Gasteiger partial charge in [0.1, 0.15) is 11.5 Å². The summed E-state index contributed by atoms with van der Waals surface area (Å²) >= 11 is 36.6. The number of aliphatic hydroxyl groups is 2. The Hall–Kier alpha value is 0.300. The third-order valence-electron chi connectivity index (χ3n) is 4.15. The SMILES string of the molecule is CC(C)(C1=CC(Cl)(Cl)C(O)=C(Cl)C1)C1=CC(Cl)(Cl)C(O)=C(Cl)C1. The van der Waals surface area contributed by atoms with E-state index >= 15 is 0 Å². The summed E-state index contributed by atoms with van der Waals surface area (Å²) in [6, 6.07) is 0. The Morgan fingerprint density at radius 1 is 0.826 bits per heavy atom. The molecule has 2 aliphatic carbocycles. The van der Waals surface area contributed by atoms with Crippen LogP contribution in [0, 0.1) is 5.41 Å². The fraction of sp³-hybridized carbons (Fsp3) is 0.467. The molecule has 0 amide bonds. The molecule has 23 heavy (non-hydrogen) atoms. The second-order valence-electron chi connectivity index (χ2n) is 6.07. The molecule has 0 unspecified atom stereocenters. The summed E-state index contributed by atoms with van der Waals surface area (Å²) in [5.41, 5.74) is 0.976. The Balaban J connectivity index is 2.45. The zero-order valence-electron chi connectivity index (χ0n) is 12.2. The van der Waals surface area contributed by atoms with Crippen molar-refractivity contribution in [3.05, 3.63) is 44.9 Å². The zero-order valence-corrected chi connectivity index (χ0v) is 16.8. The van der Waals surface area contributed by atoms with E-state index in [0.29, 0.717) is 0 Å². The molecule has 0 aromatic heterocycles. The molecule has 0 bridgehead atoms. The predicted molar refractivity (Wildman–Crippen MR) is 99.1 cm³/mol. The van der Waals surface area contributed by atoms with Crippen LogP contribution in [0.5, 0.6) is 0 Å². The molecule has 0 saturated heterocycles. The summed E-state index contributed by atoms with van der Waals surface area (Å²) in [7, 11) is 0. The smallest absolute Gasteiger partial charge is 0.193 e. The highest BCUT2D eigenvalue weighted by Crippen LogP contribution is 2.52. The average Bonchev–Trinajstić information content (AvgIpc) is 2.40. The normalized spacial score (nSPS) is 24.5. The summed E-state index contributed by atoms with van der Waals surface area (Å²) in [6.45, 7) is 3.83. The summed E-state index contributed by atoms with van der Waals surface area (Å²) in [5.74, 6) is -0.557. The molecule has 0 saturated carbocycles. The van der Waals surface area contributed by atoms with Crippen LogP contribution in [0.3, 0.4) is 0 Å². The van der Waals surface area contributed by atoms with Crippen molar-refractivity contribution in [2.75, 3.05) is 0 Å². The van der Waals surface area contributed by atoms with Crippen molar-refractivity contribution in [1.29, 1.82) is 0 Å². The van der Waals surface area contributed by atoms with Crippen molar-refractivity contribution in [1.82, 2.24) is 0 Å². The van der Waals surface area contributed by atoms with Crippen molar-refractivity contribution in [2.45, 2.75) is 35.4 Å². The van der Waals surface area contributed by atoms with E-state index in [1.54, 1.807) is 12.2 Å². The van der Waals surface area contributed by atoms with Crippen LogP contribution in [0.2, 0.25) is 0 Å². The Morgan fingerprint density at radius 2 is 1.13 bits per heavy atom. The highest BCUT2D eigenvalue weighted by molar-refractivity contribution is 6.53. The van der Waals surface area contributed by atoms with E-state index in [9.17, 15) is 10.2 Å². The largest absolute Gasteiger partial charge is 0.508 e. The maximum Gasteiger partial charge on any atom is 0.193 e. The summed E-state index contributed by atoms with van der Waals surface area (Å²) in [4.78, 5) is 0. The van der Waals surface area contributed by atoms with E-state index in [0.717, 1.165) is 11.1 Å². The standard InChI is InChI=1S/C15H14Cl6O2/c1-13(2,7-3-9(16)11(22)14(18,19)5-7)8-4-10(17)12(23)15(20,21)6-8/h5-6,22-23H,3-4H2,1-2H3. The number of hydrogen-bond donors (Lipinski definition) is 2. The van der Waals surface area contributed by atoms with Crippen LogP contribution < -0.4 is 0 Å². The van der Waals surface area contributed by atoms with Gasteiger partial charge in [-0.3, -0.25) is 0 Å². The molecule has 0 aromatic carbocycles. The second kappa shape index (κ2) is 6.23. The molecule has 8 heteroatoms. The molecule has 2 nitrogen and oxygen atoms in total. The predicted octanol–water partition coefficient (Wildman–Crippen LogP) is 7.04. The third kappa shape index (κ3) is 3.63. The fourth-order valence-electron chi connectivity index (χ4n) is 2.55. The van der Waals surface area contributed by atoms with Gasteiger partial charge in [-0.25, -0.2) is 0 Å². The Bertz CT molecular complexity index is 611. The first-order chi connectivity index (χ1) is 10.3. The molecule has 2 N–H and O–H groups in total. The number of allylic oxidation sites excluding steroid dienone is 6. The van der Waals surface area contributed by atoms with Crippen LogP contribution in [0.1, 0.15) is 26.7 Å². The van der Waals surface area contributed by atoms with Crippen molar-refractivity contribution in [3.63, 3.8) is 0 Å². The molecule has 0 fully saturated rings. The first kappa shape index (κ1) is 19.6. The van der Waals surface area contributed by atoms with E-state index in [4.69, 9.17) is 69.6 Å². The van der Waals surface area contributed by atoms with Gasteiger partial charge in [0.25, 0.3) is 0 Å². The third-order valence-corrected chi connectivity index (χ3v) is 5.93. The van der Waals surface area contributed by atoms with Gasteiger partial charge < -0.3 is 10.2 Å². The number of halogens is 6. The number of hydrogen-bond acceptors (Lipinski definition) is 2. The van der Waals surface area contributed by atoms with Gasteiger partial charge >= 0.3 is 0 Å². The molecule has 0 aliphatic heterocycles. The molecule has 0 radical (unpaired) electrons. The van der Waals surface area contributed by atoms with Gasteiger partial charge in [-0.15, -0.1) is 0 Å². The molecule has 0 atom stereocenters. The van der Waals surface area contributed by atoms with Crippen LogP contribution in [-0.2, 0) is 0 Å². The first-order valence-electron chi connectivity index (χ1n) is 6.65. The molecule has 128 valence electrons. The summed E-state index contributed by atoms with van der Waals surface area (Å²) < 4.78 is -3.20. The van der Waals surface area contributed by atoms with Gasteiger partial charge in [-0.2, -0.15) is 0 Å². The van der Waals surface area contributed by atoms with Gasteiger partial charge in [-0.1, -0.05) is 94.6 Å². The minimum absolute atomic E-state index is 0.171. The van der Waals surface area contributed by atoms with Crippen molar-refractivity contribution < 1.29 is 10.2 Å². The van der Waals surface area contributed by atoms with Gasteiger partial charge in [0.15, 0.2) is 8.67 Å². The molecule has 0 aromatic rings. The van der Waals surface area contributed by atoms with E-state index < -0.39 is 14.1 Å². The number of rotatable bonds is 2. The van der Waals surface area contributed by atoms with Gasteiger partial charge in [0, 0.05) is 18.3 Å². The molecule has 0 spiro atoms. The minimum Gasteiger partial charge on any atom is -0.508 e. The number of aliphatic hydroxyl groups excluding tert-OH is 2. The minimum atomic E-state index is -1.60. The Kier molecular flexibility index (Phi) is 5.31. The summed E-state index contributed by atoms with van der Waals surface area (Å²) in [6.07, 6.45) is 3.66. The van der Waals surface area contributed by atoms with Crippen LogP contribution in [0.25, 0.3) is 0 Å². The zero-order chi connectivity index (χ0) is 17.8. The average molecular weight is 439 g/mol. The molecule has 0 heterocycles. The van der Waals surface area contributed by atoms with E-state index in [-0.39, 0.29) is 34.4 Å². The molecule has 2 rings (SSSR count). The Labute approximate surface area is 164 Å². The van der Waals surface area contributed by atoms with Gasteiger partial charge in [0.2, 0.25) is 0 Å². The lowest BCUT2D eigenvalue weighted by molar-refractivity contribution is 0.375. The van der Waals surface area contributed by atoms with Gasteiger partial charge in [0.05, 0.1) is 10.1 Å². The lowest BCUT2D eigenvalue weighted by Crippen LogP contribution is -2.30.